The van der Waals surface area contributed by atoms with Crippen molar-refractivity contribution in [2.45, 2.75) is 18.9 Å². The Bertz CT molecular complexity index is 565. The number of rotatable bonds is 2. The number of likely N-dealkylation sites (tertiary alicyclic amines) is 1. The number of nitrogens with one attached hydrogen (secondary N) is 1. The number of H-pyrrole nitrogens is 1. The quantitative estimate of drug-likeness (QED) is 0.726. The lowest BCUT2D eigenvalue weighted by Gasteiger charge is -2.22. The number of aromatic hydroxyl groups is 1. The molecule has 7 nitrogen and oxygen atoms in total. The van der Waals surface area contributed by atoms with Gasteiger partial charge in [0.25, 0.3) is 11.5 Å². The first kappa shape index (κ1) is 13.1. The molecule has 0 aliphatic carbocycles. The predicted molar refractivity (Wildman–Crippen MR) is 64.8 cm³/mol. The third-order valence-electron chi connectivity index (χ3n) is 3.06. The fraction of sp³-hybridized carbons (Fsp3) is 0.417. The lowest BCUT2D eigenvalue weighted by Crippen LogP contribution is -2.41. The number of aromatic amines is 1. The molecule has 1 amide bonds. The summed E-state index contributed by atoms with van der Waals surface area (Å²) < 4.78 is 4.65. The molecule has 7 heteroatoms. The maximum Gasteiger partial charge on any atom is 0.328 e. The van der Waals surface area contributed by atoms with Crippen LogP contribution in [-0.4, -0.2) is 46.6 Å². The van der Waals surface area contributed by atoms with Crippen LogP contribution in [0.5, 0.6) is 5.88 Å². The maximum absolute atomic E-state index is 12.2. The van der Waals surface area contributed by atoms with Crippen LogP contribution in [0.1, 0.15) is 23.2 Å². The van der Waals surface area contributed by atoms with Crippen LogP contribution in [-0.2, 0) is 9.53 Å². The number of amides is 1. The largest absolute Gasteiger partial charge is 0.494 e. The Kier molecular flexibility index (Phi) is 3.55. The molecule has 1 aromatic heterocycles. The zero-order valence-corrected chi connectivity index (χ0v) is 10.4. The summed E-state index contributed by atoms with van der Waals surface area (Å²) in [7, 11) is 1.27. The van der Waals surface area contributed by atoms with Gasteiger partial charge in [-0.15, -0.1) is 0 Å². The molecule has 2 N–H and O–H groups in total. The van der Waals surface area contributed by atoms with Crippen molar-refractivity contribution in [2.24, 2.45) is 0 Å². The molecule has 0 bridgehead atoms. The monoisotopic (exact) mass is 266 g/mol. The topological polar surface area (TPSA) is 99.7 Å². The molecule has 19 heavy (non-hydrogen) atoms. The van der Waals surface area contributed by atoms with E-state index in [4.69, 9.17) is 0 Å². The number of pyridine rings is 1. The molecule has 1 atom stereocenters. The molecular formula is C12H14N2O5. The summed E-state index contributed by atoms with van der Waals surface area (Å²) >= 11 is 0. The van der Waals surface area contributed by atoms with Gasteiger partial charge in [0.15, 0.2) is 5.88 Å². The Labute approximate surface area is 108 Å². The number of methoxy groups -OCH3 is 1. The summed E-state index contributed by atoms with van der Waals surface area (Å²) in [6, 6.07) is 1.63. The molecule has 1 saturated heterocycles. The van der Waals surface area contributed by atoms with Crippen LogP contribution < -0.4 is 5.56 Å². The molecule has 0 radical (unpaired) electrons. The van der Waals surface area contributed by atoms with Crippen LogP contribution in [0.15, 0.2) is 16.9 Å². The maximum atomic E-state index is 12.2. The Morgan fingerprint density at radius 2 is 2.21 bits per heavy atom. The van der Waals surface area contributed by atoms with E-state index in [1.165, 1.54) is 12.0 Å². The van der Waals surface area contributed by atoms with E-state index in [1.807, 2.05) is 0 Å². The first-order chi connectivity index (χ1) is 9.02. The average molecular weight is 266 g/mol. The molecule has 0 spiro atoms. The van der Waals surface area contributed by atoms with E-state index >= 15 is 0 Å². The molecular weight excluding hydrogens is 252 g/mol. The van der Waals surface area contributed by atoms with Crippen molar-refractivity contribution in [3.05, 3.63) is 28.0 Å². The van der Waals surface area contributed by atoms with Crippen LogP contribution in [0.2, 0.25) is 0 Å². The lowest BCUT2D eigenvalue weighted by molar-refractivity contribution is -0.145. The molecule has 1 aromatic rings. The minimum Gasteiger partial charge on any atom is -0.494 e. The van der Waals surface area contributed by atoms with Gasteiger partial charge in [0.1, 0.15) is 6.04 Å². The van der Waals surface area contributed by atoms with E-state index in [0.717, 1.165) is 12.1 Å². The van der Waals surface area contributed by atoms with E-state index < -0.39 is 23.5 Å². The summed E-state index contributed by atoms with van der Waals surface area (Å²) in [5.74, 6) is -1.32. The second-order valence-electron chi connectivity index (χ2n) is 4.30. The summed E-state index contributed by atoms with van der Waals surface area (Å²) in [6.45, 7) is 0.423. The molecule has 2 rings (SSSR count). The Hall–Kier alpha value is -2.31. The number of esters is 1. The molecule has 1 fully saturated rings. The van der Waals surface area contributed by atoms with Gasteiger partial charge in [0.05, 0.1) is 12.7 Å². The molecule has 102 valence electrons. The van der Waals surface area contributed by atoms with Crippen molar-refractivity contribution >= 4 is 11.9 Å². The minimum atomic E-state index is -0.626. The molecule has 2 heterocycles. The highest BCUT2D eigenvalue weighted by molar-refractivity contribution is 5.97. The summed E-state index contributed by atoms with van der Waals surface area (Å²) in [4.78, 5) is 38.5. The van der Waals surface area contributed by atoms with Crippen molar-refractivity contribution in [2.75, 3.05) is 13.7 Å². The van der Waals surface area contributed by atoms with E-state index in [-0.39, 0.29) is 11.4 Å². The summed E-state index contributed by atoms with van der Waals surface area (Å²) in [5, 5.41) is 9.29. The first-order valence-electron chi connectivity index (χ1n) is 5.85. The molecule has 0 saturated carbocycles. The number of aromatic nitrogens is 1. The molecule has 0 aromatic carbocycles. The summed E-state index contributed by atoms with van der Waals surface area (Å²) in [6.07, 6.45) is 1.23. The highest BCUT2D eigenvalue weighted by atomic mass is 16.5. The van der Waals surface area contributed by atoms with Crippen molar-refractivity contribution in [3.8, 4) is 5.88 Å². The Balaban J connectivity index is 2.28. The standard InChI is InChI=1S/C12H14N2O5/c1-19-12(18)8-3-2-4-14(8)11(17)7-5-9(15)13-10(16)6-7/h5-6,8H,2-4H2,1H3,(H2,13,15,16). The number of hydrogen-bond donors (Lipinski definition) is 2. The van der Waals surface area contributed by atoms with E-state index in [9.17, 15) is 19.5 Å². The van der Waals surface area contributed by atoms with Crippen LogP contribution in [0.25, 0.3) is 0 Å². The van der Waals surface area contributed by atoms with Crippen molar-refractivity contribution in [1.82, 2.24) is 9.88 Å². The fourth-order valence-electron chi connectivity index (χ4n) is 2.21. The van der Waals surface area contributed by atoms with Crippen LogP contribution in [0, 0.1) is 0 Å². The van der Waals surface area contributed by atoms with E-state index in [1.54, 1.807) is 0 Å². The summed E-state index contributed by atoms with van der Waals surface area (Å²) in [5.41, 5.74) is -0.519. The first-order valence-corrected chi connectivity index (χ1v) is 5.85. The van der Waals surface area contributed by atoms with Crippen LogP contribution in [0.4, 0.5) is 0 Å². The Morgan fingerprint density at radius 1 is 1.47 bits per heavy atom. The Morgan fingerprint density at radius 3 is 2.84 bits per heavy atom. The van der Waals surface area contributed by atoms with Gasteiger partial charge in [0.2, 0.25) is 0 Å². The number of nitrogens with zero attached hydrogens (tertiary/aromatic N) is 1. The third-order valence-corrected chi connectivity index (χ3v) is 3.06. The molecule has 1 aliphatic heterocycles. The highest BCUT2D eigenvalue weighted by Crippen LogP contribution is 2.21. The minimum absolute atomic E-state index is 0.0528. The number of hydrogen-bond acceptors (Lipinski definition) is 5. The number of carbonyl (C=O) groups excluding carboxylic acids is 2. The van der Waals surface area contributed by atoms with Gasteiger partial charge in [-0.25, -0.2) is 4.79 Å². The van der Waals surface area contributed by atoms with Crippen molar-refractivity contribution in [1.29, 1.82) is 0 Å². The van der Waals surface area contributed by atoms with Crippen LogP contribution >= 0.6 is 0 Å². The average Bonchev–Trinajstić information content (AvgIpc) is 2.84. The van der Waals surface area contributed by atoms with E-state index in [2.05, 4.69) is 9.72 Å². The van der Waals surface area contributed by atoms with Crippen molar-refractivity contribution in [3.63, 3.8) is 0 Å². The SMILES string of the molecule is COC(=O)C1CCCN1C(=O)c1cc(O)[nH]c(=O)c1. The van der Waals surface area contributed by atoms with Crippen molar-refractivity contribution < 1.29 is 19.4 Å². The molecule has 1 aliphatic rings. The second-order valence-corrected chi connectivity index (χ2v) is 4.30. The van der Waals surface area contributed by atoms with Gasteiger partial charge >= 0.3 is 5.97 Å². The van der Waals surface area contributed by atoms with Gasteiger partial charge in [-0.05, 0) is 12.8 Å². The zero-order chi connectivity index (χ0) is 14.0. The zero-order valence-electron chi connectivity index (χ0n) is 10.4. The highest BCUT2D eigenvalue weighted by Gasteiger charge is 2.35. The smallest absolute Gasteiger partial charge is 0.328 e. The fourth-order valence-corrected chi connectivity index (χ4v) is 2.21. The van der Waals surface area contributed by atoms with Crippen LogP contribution in [0.3, 0.4) is 0 Å². The predicted octanol–water partition coefficient (Wildman–Crippen LogP) is -0.142. The number of carbonyl (C=O) groups is 2. The number of ether oxygens (including phenoxy) is 1. The molecule has 1 unspecified atom stereocenters. The van der Waals surface area contributed by atoms with Gasteiger partial charge in [-0.3, -0.25) is 14.6 Å². The van der Waals surface area contributed by atoms with Gasteiger partial charge in [0, 0.05) is 18.7 Å². The van der Waals surface area contributed by atoms with Gasteiger partial charge in [-0.2, -0.15) is 0 Å². The van der Waals surface area contributed by atoms with Gasteiger partial charge in [-0.1, -0.05) is 0 Å². The lowest BCUT2D eigenvalue weighted by atomic mass is 10.2. The normalized spacial score (nSPS) is 18.4. The third kappa shape index (κ3) is 2.59. The van der Waals surface area contributed by atoms with Gasteiger partial charge < -0.3 is 14.7 Å². The second kappa shape index (κ2) is 5.13. The van der Waals surface area contributed by atoms with E-state index in [0.29, 0.717) is 19.4 Å².